The van der Waals surface area contributed by atoms with Gasteiger partial charge in [-0.15, -0.1) is 0 Å². The number of aromatic nitrogens is 2. The van der Waals surface area contributed by atoms with Crippen molar-refractivity contribution < 1.29 is 9.21 Å². The molecule has 94 valence electrons. The summed E-state index contributed by atoms with van der Waals surface area (Å²) >= 11 is 1.49. The number of rotatable bonds is 3. The Morgan fingerprint density at radius 2 is 2.26 bits per heavy atom. The molecule has 4 nitrogen and oxygen atoms in total. The van der Waals surface area contributed by atoms with Crippen LogP contribution < -0.4 is 0 Å². The van der Waals surface area contributed by atoms with Gasteiger partial charge in [0.1, 0.15) is 5.76 Å². The minimum absolute atomic E-state index is 0.126. The van der Waals surface area contributed by atoms with Crippen LogP contribution in [0.2, 0.25) is 0 Å². The average molecular weight is 270 g/mol. The molecule has 0 bridgehead atoms. The Labute approximate surface area is 113 Å². The van der Waals surface area contributed by atoms with E-state index in [1.54, 1.807) is 30.7 Å². The predicted octanol–water partition coefficient (Wildman–Crippen LogP) is 3.40. The summed E-state index contributed by atoms with van der Waals surface area (Å²) in [6, 6.07) is 7.24. The molecule has 0 radical (unpaired) electrons. The number of carbonyl (C=O) groups excluding carboxylic acids is 1. The molecule has 0 saturated carbocycles. The van der Waals surface area contributed by atoms with Gasteiger partial charge in [0.2, 0.25) is 0 Å². The first-order valence-corrected chi connectivity index (χ1v) is 6.61. The summed E-state index contributed by atoms with van der Waals surface area (Å²) in [4.78, 5) is 12.0. The minimum Gasteiger partial charge on any atom is -0.465 e. The molecular formula is C14H10N2O2S. The molecule has 5 heteroatoms. The van der Waals surface area contributed by atoms with Crippen molar-refractivity contribution in [3.63, 3.8) is 0 Å². The van der Waals surface area contributed by atoms with Crippen molar-refractivity contribution in [1.82, 2.24) is 9.78 Å². The van der Waals surface area contributed by atoms with Crippen LogP contribution in [0.5, 0.6) is 0 Å². The second-order valence-electron chi connectivity index (χ2n) is 3.85. The van der Waals surface area contributed by atoms with Gasteiger partial charge in [-0.1, -0.05) is 0 Å². The zero-order chi connectivity index (χ0) is 13.1. The van der Waals surface area contributed by atoms with Crippen LogP contribution in [0, 0.1) is 0 Å². The smallest absolute Gasteiger partial charge is 0.278 e. The first kappa shape index (κ1) is 11.7. The van der Waals surface area contributed by atoms with Crippen LogP contribution in [-0.4, -0.2) is 15.7 Å². The van der Waals surface area contributed by atoms with Crippen LogP contribution in [0.4, 0.5) is 0 Å². The van der Waals surface area contributed by atoms with Gasteiger partial charge in [0.05, 0.1) is 17.5 Å². The van der Waals surface area contributed by atoms with Gasteiger partial charge in [0, 0.05) is 11.6 Å². The maximum Gasteiger partial charge on any atom is 0.278 e. The van der Waals surface area contributed by atoms with Crippen LogP contribution in [0.15, 0.2) is 51.9 Å². The Balaban J connectivity index is 1.78. The second-order valence-corrected chi connectivity index (χ2v) is 4.63. The fourth-order valence-electron chi connectivity index (χ4n) is 1.61. The van der Waals surface area contributed by atoms with Crippen LogP contribution in [0.3, 0.4) is 0 Å². The Morgan fingerprint density at radius 3 is 3.00 bits per heavy atom. The lowest BCUT2D eigenvalue weighted by Gasteiger charge is -1.95. The van der Waals surface area contributed by atoms with Crippen molar-refractivity contribution in [2.75, 3.05) is 0 Å². The molecule has 3 heterocycles. The topological polar surface area (TPSA) is 48.0 Å². The molecule has 3 aromatic heterocycles. The second kappa shape index (κ2) is 5.07. The van der Waals surface area contributed by atoms with Crippen molar-refractivity contribution >= 4 is 29.4 Å². The van der Waals surface area contributed by atoms with Gasteiger partial charge in [-0.05, 0) is 41.8 Å². The van der Waals surface area contributed by atoms with Crippen LogP contribution in [0.25, 0.3) is 12.2 Å². The summed E-state index contributed by atoms with van der Waals surface area (Å²) in [6.07, 6.45) is 6.87. The van der Waals surface area contributed by atoms with Gasteiger partial charge >= 0.3 is 0 Å². The highest BCUT2D eigenvalue weighted by Crippen LogP contribution is 2.10. The summed E-state index contributed by atoms with van der Waals surface area (Å²) < 4.78 is 6.52. The van der Waals surface area contributed by atoms with E-state index in [-0.39, 0.29) is 5.91 Å². The molecule has 3 aromatic rings. The molecule has 0 fully saturated rings. The van der Waals surface area contributed by atoms with Gasteiger partial charge in [-0.3, -0.25) is 4.79 Å². The van der Waals surface area contributed by atoms with Gasteiger partial charge in [0.15, 0.2) is 0 Å². The van der Waals surface area contributed by atoms with Crippen molar-refractivity contribution in [2.45, 2.75) is 0 Å². The number of thiophene rings is 1. The molecule has 0 aliphatic carbocycles. The summed E-state index contributed by atoms with van der Waals surface area (Å²) in [7, 11) is 0. The number of carbonyl (C=O) groups is 1. The minimum atomic E-state index is -0.126. The number of nitrogens with zero attached hydrogens (tertiary/aromatic N) is 2. The summed E-state index contributed by atoms with van der Waals surface area (Å²) in [5.74, 6) is 0.623. The first-order valence-electron chi connectivity index (χ1n) is 5.67. The van der Waals surface area contributed by atoms with Crippen molar-refractivity contribution in [3.05, 3.63) is 64.5 Å². The lowest BCUT2D eigenvalue weighted by Crippen LogP contribution is -2.11. The monoisotopic (exact) mass is 270 g/mol. The molecule has 3 rings (SSSR count). The zero-order valence-electron chi connectivity index (χ0n) is 9.89. The van der Waals surface area contributed by atoms with E-state index in [4.69, 9.17) is 4.42 Å². The molecule has 0 unspecified atom stereocenters. The van der Waals surface area contributed by atoms with E-state index in [0.29, 0.717) is 11.3 Å². The molecule has 0 amide bonds. The predicted molar refractivity (Wildman–Crippen MR) is 73.9 cm³/mol. The van der Waals surface area contributed by atoms with E-state index < -0.39 is 0 Å². The molecule has 0 aromatic carbocycles. The molecule has 0 spiro atoms. The normalized spacial score (nSPS) is 11.2. The van der Waals surface area contributed by atoms with Crippen molar-refractivity contribution in [1.29, 1.82) is 0 Å². The maximum absolute atomic E-state index is 12.0. The van der Waals surface area contributed by atoms with Crippen molar-refractivity contribution in [2.24, 2.45) is 0 Å². The highest BCUT2D eigenvalue weighted by Gasteiger charge is 2.09. The molecule has 0 aliphatic heterocycles. The van der Waals surface area contributed by atoms with Gasteiger partial charge in [-0.25, -0.2) is 4.68 Å². The fourth-order valence-corrected chi connectivity index (χ4v) is 2.24. The SMILES string of the molecule is O=C(c1ccsc1)n1ccc(C=Cc2ccco2)n1. The highest BCUT2D eigenvalue weighted by molar-refractivity contribution is 7.08. The van der Waals surface area contributed by atoms with Crippen molar-refractivity contribution in [3.8, 4) is 0 Å². The lowest BCUT2D eigenvalue weighted by atomic mass is 10.3. The maximum atomic E-state index is 12.0. The van der Waals surface area contributed by atoms with Crippen LogP contribution in [0.1, 0.15) is 21.8 Å². The van der Waals surface area contributed by atoms with E-state index in [1.807, 2.05) is 29.0 Å². The number of furan rings is 1. The van der Waals surface area contributed by atoms with Gasteiger partial charge < -0.3 is 4.42 Å². The molecular weight excluding hydrogens is 260 g/mol. The molecule has 0 aliphatic rings. The summed E-state index contributed by atoms with van der Waals surface area (Å²) in [5.41, 5.74) is 1.36. The summed E-state index contributed by atoms with van der Waals surface area (Å²) in [6.45, 7) is 0. The number of hydrogen-bond donors (Lipinski definition) is 0. The Bertz CT molecular complexity index is 694. The number of hydrogen-bond acceptors (Lipinski definition) is 4. The average Bonchev–Trinajstić information content (AvgIpc) is 3.16. The molecule has 0 saturated heterocycles. The van der Waals surface area contributed by atoms with Gasteiger partial charge in [0.25, 0.3) is 5.91 Å². The first-order chi connectivity index (χ1) is 9.33. The van der Waals surface area contributed by atoms with E-state index in [2.05, 4.69) is 5.10 Å². The third kappa shape index (κ3) is 2.56. The van der Waals surface area contributed by atoms with Crippen LogP contribution in [-0.2, 0) is 0 Å². The third-order valence-corrected chi connectivity index (χ3v) is 3.23. The third-order valence-electron chi connectivity index (χ3n) is 2.55. The van der Waals surface area contributed by atoms with E-state index in [9.17, 15) is 4.79 Å². The fraction of sp³-hybridized carbons (Fsp3) is 0. The Hall–Kier alpha value is -2.40. The zero-order valence-corrected chi connectivity index (χ0v) is 10.7. The van der Waals surface area contributed by atoms with E-state index in [0.717, 1.165) is 5.76 Å². The standard InChI is InChI=1S/C14H10N2O2S/c17-14(11-6-9-19-10-11)16-7-5-12(15-16)3-4-13-2-1-8-18-13/h1-10H. The largest absolute Gasteiger partial charge is 0.465 e. The molecule has 19 heavy (non-hydrogen) atoms. The van der Waals surface area contributed by atoms with Crippen LogP contribution >= 0.6 is 11.3 Å². The quantitative estimate of drug-likeness (QED) is 0.733. The van der Waals surface area contributed by atoms with E-state index in [1.165, 1.54) is 16.0 Å². The van der Waals surface area contributed by atoms with Gasteiger partial charge in [-0.2, -0.15) is 16.4 Å². The Kier molecular flexibility index (Phi) is 3.12. The van der Waals surface area contributed by atoms with E-state index >= 15 is 0 Å². The highest BCUT2D eigenvalue weighted by atomic mass is 32.1. The molecule has 0 N–H and O–H groups in total. The summed E-state index contributed by atoms with van der Waals surface area (Å²) in [5, 5.41) is 7.89. The Morgan fingerprint density at radius 1 is 1.32 bits per heavy atom. The molecule has 0 atom stereocenters. The lowest BCUT2D eigenvalue weighted by molar-refractivity contribution is 0.0945.